The molecule has 1 aliphatic heterocycles. The van der Waals surface area contributed by atoms with Crippen molar-refractivity contribution in [2.75, 3.05) is 23.9 Å². The van der Waals surface area contributed by atoms with E-state index < -0.39 is 0 Å². The van der Waals surface area contributed by atoms with Crippen molar-refractivity contribution >= 4 is 28.7 Å². The van der Waals surface area contributed by atoms with Crippen LogP contribution in [0.3, 0.4) is 0 Å². The van der Waals surface area contributed by atoms with Gasteiger partial charge in [-0.05, 0) is 85.4 Å². The Morgan fingerprint density at radius 3 is 2.42 bits per heavy atom. The third-order valence-corrected chi connectivity index (χ3v) is 6.42. The van der Waals surface area contributed by atoms with Crippen LogP contribution in [0.2, 0.25) is 0 Å². The highest BCUT2D eigenvalue weighted by molar-refractivity contribution is 7.80. The van der Waals surface area contributed by atoms with Gasteiger partial charge in [-0.15, -0.1) is 0 Å². The zero-order valence-electron chi connectivity index (χ0n) is 19.0. The second-order valence-electron chi connectivity index (χ2n) is 8.55. The first-order valence-corrected chi connectivity index (χ1v) is 11.5. The van der Waals surface area contributed by atoms with E-state index >= 15 is 0 Å². The summed E-state index contributed by atoms with van der Waals surface area (Å²) in [5.41, 5.74) is 6.69. The highest BCUT2D eigenvalue weighted by atomic mass is 32.1. The molecule has 0 aliphatic carbocycles. The molecule has 0 saturated carbocycles. The van der Waals surface area contributed by atoms with Crippen molar-refractivity contribution in [3.8, 4) is 5.69 Å². The number of aromatic nitrogens is 2. The van der Waals surface area contributed by atoms with E-state index in [0.717, 1.165) is 28.5 Å². The summed E-state index contributed by atoms with van der Waals surface area (Å²) in [6.45, 7) is 2.12. The lowest BCUT2D eigenvalue weighted by Gasteiger charge is -2.29. The Morgan fingerprint density at radius 2 is 1.73 bits per heavy atom. The molecule has 0 bridgehead atoms. The maximum absolute atomic E-state index is 5.88. The number of thiocarbonyl (C=S) groups is 1. The van der Waals surface area contributed by atoms with Crippen LogP contribution in [0, 0.1) is 6.92 Å². The third kappa shape index (κ3) is 3.98. The zero-order chi connectivity index (χ0) is 22.9. The van der Waals surface area contributed by atoms with Crippen LogP contribution in [0.25, 0.3) is 5.69 Å². The number of nitrogens with zero attached hydrogens (tertiary/aromatic N) is 4. The molecule has 1 saturated heterocycles. The minimum atomic E-state index is -0.0781. The molecular formula is C27H27N5S. The van der Waals surface area contributed by atoms with Crippen LogP contribution < -0.4 is 15.1 Å². The Bertz CT molecular complexity index is 1260. The topological polar surface area (TPSA) is 36.3 Å². The van der Waals surface area contributed by atoms with E-state index in [9.17, 15) is 0 Å². The molecule has 1 aliphatic rings. The number of hydrogen-bond acceptors (Lipinski definition) is 3. The van der Waals surface area contributed by atoms with Gasteiger partial charge in [0.15, 0.2) is 5.11 Å². The van der Waals surface area contributed by atoms with Crippen LogP contribution in [0.15, 0.2) is 91.3 Å². The molecule has 0 radical (unpaired) electrons. The lowest BCUT2D eigenvalue weighted by atomic mass is 10.0. The summed E-state index contributed by atoms with van der Waals surface area (Å²) in [7, 11) is 4.09. The first kappa shape index (κ1) is 21.2. The quantitative estimate of drug-likeness (QED) is 0.408. The van der Waals surface area contributed by atoms with Crippen molar-refractivity contribution < 1.29 is 0 Å². The summed E-state index contributed by atoms with van der Waals surface area (Å²) < 4.78 is 2.25. The lowest BCUT2D eigenvalue weighted by Crippen LogP contribution is -2.30. The second-order valence-corrected chi connectivity index (χ2v) is 8.94. The van der Waals surface area contributed by atoms with Gasteiger partial charge in [-0.25, -0.2) is 0 Å². The zero-order valence-corrected chi connectivity index (χ0v) is 19.8. The first-order chi connectivity index (χ1) is 16.0. The van der Waals surface area contributed by atoms with Crippen LogP contribution >= 0.6 is 12.2 Å². The molecule has 166 valence electrons. The predicted octanol–water partition coefficient (Wildman–Crippen LogP) is 5.42. The fourth-order valence-electron chi connectivity index (χ4n) is 4.49. The molecule has 0 spiro atoms. The van der Waals surface area contributed by atoms with Crippen LogP contribution in [0.1, 0.15) is 29.0 Å². The monoisotopic (exact) mass is 453 g/mol. The highest BCUT2D eigenvalue weighted by Crippen LogP contribution is 2.42. The van der Waals surface area contributed by atoms with E-state index in [1.807, 2.05) is 32.4 Å². The number of aryl methyl sites for hydroxylation is 1. The Labute approximate surface area is 200 Å². The van der Waals surface area contributed by atoms with Crippen molar-refractivity contribution in [2.45, 2.75) is 19.0 Å². The molecule has 5 nitrogen and oxygen atoms in total. The molecule has 33 heavy (non-hydrogen) atoms. The van der Waals surface area contributed by atoms with E-state index in [1.165, 1.54) is 5.56 Å². The predicted molar refractivity (Wildman–Crippen MR) is 139 cm³/mol. The summed E-state index contributed by atoms with van der Waals surface area (Å²) >= 11 is 5.88. The van der Waals surface area contributed by atoms with Gasteiger partial charge in [0.25, 0.3) is 0 Å². The van der Waals surface area contributed by atoms with Gasteiger partial charge in [0.05, 0.1) is 11.7 Å². The summed E-state index contributed by atoms with van der Waals surface area (Å²) in [4.78, 5) is 8.99. The van der Waals surface area contributed by atoms with Crippen LogP contribution in [0.4, 0.5) is 11.4 Å². The Morgan fingerprint density at radius 1 is 0.909 bits per heavy atom. The number of anilines is 2. The van der Waals surface area contributed by atoms with E-state index in [2.05, 4.69) is 105 Å². The number of nitrogens with one attached hydrogen (secondary N) is 1. The Hall–Kier alpha value is -3.64. The average molecular weight is 454 g/mol. The largest absolute Gasteiger partial charge is 0.378 e. The van der Waals surface area contributed by atoms with Crippen LogP contribution in [-0.2, 0) is 0 Å². The fourth-order valence-corrected chi connectivity index (χ4v) is 4.84. The summed E-state index contributed by atoms with van der Waals surface area (Å²) in [5.74, 6) is 0. The van der Waals surface area contributed by atoms with Gasteiger partial charge >= 0.3 is 0 Å². The van der Waals surface area contributed by atoms with E-state index in [4.69, 9.17) is 12.2 Å². The molecule has 5 rings (SSSR count). The fraction of sp³-hybridized carbons (Fsp3) is 0.185. The van der Waals surface area contributed by atoms with E-state index in [-0.39, 0.29) is 12.1 Å². The molecule has 2 aromatic heterocycles. The Kier molecular flexibility index (Phi) is 5.60. The molecule has 4 aromatic rings. The van der Waals surface area contributed by atoms with Gasteiger partial charge in [-0.1, -0.05) is 18.2 Å². The molecule has 1 N–H and O–H groups in total. The maximum Gasteiger partial charge on any atom is 0.174 e. The molecular weight excluding hydrogens is 426 g/mol. The van der Waals surface area contributed by atoms with Gasteiger partial charge in [-0.3, -0.25) is 4.98 Å². The third-order valence-electron chi connectivity index (χ3n) is 6.11. The van der Waals surface area contributed by atoms with Crippen molar-refractivity contribution in [3.63, 3.8) is 0 Å². The molecule has 2 atom stereocenters. The van der Waals surface area contributed by atoms with Crippen LogP contribution in [0.5, 0.6) is 0 Å². The summed E-state index contributed by atoms with van der Waals surface area (Å²) in [6.07, 6.45) is 3.96. The molecule has 0 unspecified atom stereocenters. The molecule has 6 heteroatoms. The minimum absolute atomic E-state index is 0.0619. The van der Waals surface area contributed by atoms with E-state index in [1.54, 1.807) is 0 Å². The second kappa shape index (κ2) is 8.71. The van der Waals surface area contributed by atoms with Gasteiger partial charge in [0.1, 0.15) is 6.04 Å². The average Bonchev–Trinajstić information content (AvgIpc) is 3.44. The minimum Gasteiger partial charge on any atom is -0.378 e. The van der Waals surface area contributed by atoms with Gasteiger partial charge in [0, 0.05) is 49.2 Å². The lowest BCUT2D eigenvalue weighted by molar-refractivity contribution is 0.549. The van der Waals surface area contributed by atoms with Gasteiger partial charge < -0.3 is 19.7 Å². The van der Waals surface area contributed by atoms with Crippen molar-refractivity contribution in [3.05, 3.63) is 108 Å². The number of rotatable bonds is 5. The molecule has 0 amide bonds. The molecule has 3 heterocycles. The van der Waals surface area contributed by atoms with Gasteiger partial charge in [0.2, 0.25) is 0 Å². The van der Waals surface area contributed by atoms with Crippen LogP contribution in [-0.4, -0.2) is 28.8 Å². The van der Waals surface area contributed by atoms with Gasteiger partial charge in [-0.2, -0.15) is 0 Å². The number of hydrogen-bond donors (Lipinski definition) is 1. The Balaban J connectivity index is 1.64. The smallest absolute Gasteiger partial charge is 0.174 e. The summed E-state index contributed by atoms with van der Waals surface area (Å²) in [5, 5.41) is 4.25. The first-order valence-electron chi connectivity index (χ1n) is 11.1. The standard InChI is InChI=1S/C27H27N5S/c1-19-8-6-9-22(18-19)31-17-7-11-24(31)26-25(23-10-4-5-16-28-23)29-27(33)32(26)21-14-12-20(13-15-21)30(2)3/h4-18,25-26H,1-3H3,(H,29,33)/t25-,26-/m1/s1. The number of benzene rings is 2. The van der Waals surface area contributed by atoms with Crippen molar-refractivity contribution in [2.24, 2.45) is 0 Å². The van der Waals surface area contributed by atoms with E-state index in [0.29, 0.717) is 5.11 Å². The molecule has 1 fully saturated rings. The maximum atomic E-state index is 5.88. The number of pyridine rings is 1. The SMILES string of the molecule is Cc1cccc(-n2cccc2[C@@H]2[C@@H](c3ccccn3)NC(=S)N2c2ccc(N(C)C)cc2)c1. The van der Waals surface area contributed by atoms with Crippen molar-refractivity contribution in [1.82, 2.24) is 14.9 Å². The highest BCUT2D eigenvalue weighted by Gasteiger charge is 2.42. The van der Waals surface area contributed by atoms with Crippen molar-refractivity contribution in [1.29, 1.82) is 0 Å². The molecule has 2 aromatic carbocycles. The summed E-state index contributed by atoms with van der Waals surface area (Å²) in [6, 6.07) is 27.3. The normalized spacial score (nSPS) is 17.8.